The molecule has 0 aliphatic carbocycles. The van der Waals surface area contributed by atoms with Crippen LogP contribution in [-0.2, 0) is 0 Å². The number of rotatable bonds is 6. The Balaban J connectivity index is 2.23. The van der Waals surface area contributed by atoms with Crippen LogP contribution < -0.4 is 4.74 Å². The van der Waals surface area contributed by atoms with Gasteiger partial charge in [-0.1, -0.05) is 12.1 Å². The molecular formula is C17H20N2O4. The molecule has 0 saturated heterocycles. The van der Waals surface area contributed by atoms with Crippen molar-refractivity contribution in [3.05, 3.63) is 48.3 Å². The number of carbonyl (C=O) groups is 1. The Labute approximate surface area is 135 Å². The van der Waals surface area contributed by atoms with Crippen LogP contribution in [0.15, 0.2) is 42.7 Å². The number of ether oxygens (including phenoxy) is 1. The highest BCUT2D eigenvalue weighted by atomic mass is 16.5. The molecule has 1 atom stereocenters. The van der Waals surface area contributed by atoms with E-state index < -0.39 is 6.10 Å². The third-order valence-electron chi connectivity index (χ3n) is 3.43. The number of aliphatic hydroxyl groups is 2. The normalized spacial score (nSPS) is 11.8. The van der Waals surface area contributed by atoms with E-state index in [2.05, 4.69) is 4.98 Å². The third-order valence-corrected chi connectivity index (χ3v) is 3.43. The number of aromatic nitrogens is 1. The molecular weight excluding hydrogens is 296 g/mol. The number of likely N-dealkylation sites (N-methyl/N-ethyl adjacent to an activating group) is 1. The van der Waals surface area contributed by atoms with Crippen LogP contribution >= 0.6 is 0 Å². The molecule has 0 aliphatic rings. The Kier molecular flexibility index (Phi) is 5.67. The van der Waals surface area contributed by atoms with Gasteiger partial charge in [0.1, 0.15) is 5.75 Å². The molecule has 1 aromatic carbocycles. The van der Waals surface area contributed by atoms with Gasteiger partial charge in [-0.05, 0) is 23.8 Å². The van der Waals surface area contributed by atoms with Crippen molar-refractivity contribution >= 4 is 5.91 Å². The zero-order valence-corrected chi connectivity index (χ0v) is 13.1. The highest BCUT2D eigenvalue weighted by Crippen LogP contribution is 2.23. The van der Waals surface area contributed by atoms with Crippen molar-refractivity contribution < 1.29 is 19.7 Å². The van der Waals surface area contributed by atoms with Crippen molar-refractivity contribution in [1.29, 1.82) is 0 Å². The topological polar surface area (TPSA) is 82.9 Å². The lowest BCUT2D eigenvalue weighted by Gasteiger charge is -2.20. The van der Waals surface area contributed by atoms with E-state index in [4.69, 9.17) is 9.84 Å². The maximum atomic E-state index is 12.4. The highest BCUT2D eigenvalue weighted by Gasteiger charge is 2.15. The molecule has 2 rings (SSSR count). The third kappa shape index (κ3) is 4.28. The molecule has 1 aromatic heterocycles. The van der Waals surface area contributed by atoms with Gasteiger partial charge >= 0.3 is 0 Å². The Bertz CT molecular complexity index is 675. The summed E-state index contributed by atoms with van der Waals surface area (Å²) in [7, 11) is 3.16. The largest absolute Gasteiger partial charge is 0.495 e. The number of nitrogens with zero attached hydrogens (tertiary/aromatic N) is 2. The van der Waals surface area contributed by atoms with Gasteiger partial charge in [-0.15, -0.1) is 0 Å². The van der Waals surface area contributed by atoms with Crippen molar-refractivity contribution in [2.75, 3.05) is 27.3 Å². The fourth-order valence-electron chi connectivity index (χ4n) is 2.20. The van der Waals surface area contributed by atoms with Gasteiger partial charge < -0.3 is 19.8 Å². The van der Waals surface area contributed by atoms with E-state index >= 15 is 0 Å². The van der Waals surface area contributed by atoms with Crippen molar-refractivity contribution in [2.24, 2.45) is 0 Å². The van der Waals surface area contributed by atoms with E-state index in [9.17, 15) is 9.90 Å². The van der Waals surface area contributed by atoms with Gasteiger partial charge in [-0.2, -0.15) is 0 Å². The van der Waals surface area contributed by atoms with Gasteiger partial charge in [0, 0.05) is 30.9 Å². The number of pyridine rings is 1. The van der Waals surface area contributed by atoms with Gasteiger partial charge in [-0.25, -0.2) is 0 Å². The van der Waals surface area contributed by atoms with E-state index in [-0.39, 0.29) is 19.1 Å². The molecule has 0 bridgehead atoms. The monoisotopic (exact) mass is 316 g/mol. The lowest BCUT2D eigenvalue weighted by atomic mass is 10.0. The minimum atomic E-state index is -0.949. The van der Waals surface area contributed by atoms with Crippen LogP contribution in [0, 0.1) is 0 Å². The van der Waals surface area contributed by atoms with E-state index in [1.165, 1.54) is 4.90 Å². The summed E-state index contributed by atoms with van der Waals surface area (Å²) >= 11 is 0. The van der Waals surface area contributed by atoms with Gasteiger partial charge in [0.15, 0.2) is 0 Å². The fraction of sp³-hybridized carbons (Fsp3) is 0.294. The molecule has 6 nitrogen and oxygen atoms in total. The standard InChI is InChI=1S/C17H20N2O4/c1-19(10-15(21)11-20)17(22)13-5-3-4-12(6-13)14-7-16(23-2)9-18-8-14/h3-9,15,20-21H,10-11H2,1-2H3/t15-/m0/s1. The van der Waals surface area contributed by atoms with Crippen molar-refractivity contribution in [3.8, 4) is 16.9 Å². The van der Waals surface area contributed by atoms with Crippen molar-refractivity contribution in [3.63, 3.8) is 0 Å². The smallest absolute Gasteiger partial charge is 0.253 e. The molecule has 2 N–H and O–H groups in total. The minimum Gasteiger partial charge on any atom is -0.495 e. The molecule has 2 aromatic rings. The summed E-state index contributed by atoms with van der Waals surface area (Å²) in [6, 6.07) is 8.99. The maximum Gasteiger partial charge on any atom is 0.253 e. The Hall–Kier alpha value is -2.44. The quantitative estimate of drug-likeness (QED) is 0.836. The van der Waals surface area contributed by atoms with Gasteiger partial charge in [0.2, 0.25) is 0 Å². The van der Waals surface area contributed by atoms with Gasteiger partial charge in [-0.3, -0.25) is 9.78 Å². The van der Waals surface area contributed by atoms with E-state index in [0.717, 1.165) is 11.1 Å². The van der Waals surface area contributed by atoms with Crippen LogP contribution in [0.25, 0.3) is 11.1 Å². The molecule has 6 heteroatoms. The van der Waals surface area contributed by atoms with Crippen LogP contribution in [-0.4, -0.2) is 59.4 Å². The number of hydrogen-bond donors (Lipinski definition) is 2. The highest BCUT2D eigenvalue weighted by molar-refractivity contribution is 5.95. The van der Waals surface area contributed by atoms with Crippen LogP contribution in [0.3, 0.4) is 0 Å². The summed E-state index contributed by atoms with van der Waals surface area (Å²) in [4.78, 5) is 17.9. The van der Waals surface area contributed by atoms with Gasteiger partial charge in [0.25, 0.3) is 5.91 Å². The molecule has 23 heavy (non-hydrogen) atoms. The number of aliphatic hydroxyl groups excluding tert-OH is 2. The SMILES string of the molecule is COc1cncc(-c2cccc(C(=O)N(C)C[C@H](O)CO)c2)c1. The molecule has 1 amide bonds. The molecule has 122 valence electrons. The summed E-state index contributed by atoms with van der Waals surface area (Å²) in [5, 5.41) is 18.3. The predicted molar refractivity (Wildman–Crippen MR) is 86.3 cm³/mol. The Morgan fingerprint density at radius 2 is 2.09 bits per heavy atom. The van der Waals surface area contributed by atoms with Crippen molar-refractivity contribution in [1.82, 2.24) is 9.88 Å². The lowest BCUT2D eigenvalue weighted by molar-refractivity contribution is 0.0520. The molecule has 0 unspecified atom stereocenters. The van der Waals surface area contributed by atoms with Crippen LogP contribution in [0.2, 0.25) is 0 Å². The predicted octanol–water partition coefficient (Wildman–Crippen LogP) is 1.18. The van der Waals surface area contributed by atoms with E-state index in [1.807, 2.05) is 12.1 Å². The summed E-state index contributed by atoms with van der Waals surface area (Å²) in [5.74, 6) is 0.414. The summed E-state index contributed by atoms with van der Waals surface area (Å²) in [5.41, 5.74) is 2.19. The van der Waals surface area contributed by atoms with E-state index in [0.29, 0.717) is 11.3 Å². The number of benzene rings is 1. The zero-order valence-electron chi connectivity index (χ0n) is 13.1. The second kappa shape index (κ2) is 7.71. The minimum absolute atomic E-state index is 0.0697. The van der Waals surface area contributed by atoms with Crippen LogP contribution in [0.1, 0.15) is 10.4 Å². The summed E-state index contributed by atoms with van der Waals surface area (Å²) in [6.07, 6.45) is 2.36. The average Bonchev–Trinajstić information content (AvgIpc) is 2.61. The first-order valence-electron chi connectivity index (χ1n) is 7.19. The first-order valence-corrected chi connectivity index (χ1v) is 7.19. The van der Waals surface area contributed by atoms with Crippen LogP contribution in [0.5, 0.6) is 5.75 Å². The van der Waals surface area contributed by atoms with Crippen LogP contribution in [0.4, 0.5) is 0 Å². The molecule has 0 spiro atoms. The second-order valence-electron chi connectivity index (χ2n) is 5.22. The number of amides is 1. The van der Waals surface area contributed by atoms with E-state index in [1.54, 1.807) is 44.8 Å². The molecule has 0 saturated carbocycles. The average molecular weight is 316 g/mol. The number of hydrogen-bond acceptors (Lipinski definition) is 5. The first-order chi connectivity index (χ1) is 11.0. The van der Waals surface area contributed by atoms with Crippen molar-refractivity contribution in [2.45, 2.75) is 6.10 Å². The molecule has 0 radical (unpaired) electrons. The number of carbonyl (C=O) groups excluding carboxylic acids is 1. The summed E-state index contributed by atoms with van der Waals surface area (Å²) < 4.78 is 5.16. The fourth-order valence-corrected chi connectivity index (χ4v) is 2.20. The zero-order chi connectivity index (χ0) is 16.8. The maximum absolute atomic E-state index is 12.4. The Morgan fingerprint density at radius 1 is 1.30 bits per heavy atom. The number of methoxy groups -OCH3 is 1. The molecule has 1 heterocycles. The molecule has 0 aliphatic heterocycles. The Morgan fingerprint density at radius 3 is 2.78 bits per heavy atom. The first kappa shape index (κ1) is 16.9. The lowest BCUT2D eigenvalue weighted by Crippen LogP contribution is -2.35. The molecule has 0 fully saturated rings. The summed E-state index contributed by atoms with van der Waals surface area (Å²) in [6.45, 7) is -0.312. The van der Waals surface area contributed by atoms with Gasteiger partial charge in [0.05, 0.1) is 26.0 Å². The second-order valence-corrected chi connectivity index (χ2v) is 5.22.